The molecule has 0 bridgehead atoms. The third-order valence-corrected chi connectivity index (χ3v) is 3.89. The quantitative estimate of drug-likeness (QED) is 0.386. The Morgan fingerprint density at radius 2 is 2.37 bits per heavy atom. The van der Waals surface area contributed by atoms with Crippen LogP contribution in [0.2, 0.25) is 0 Å². The van der Waals surface area contributed by atoms with Crippen LogP contribution in [-0.2, 0) is 4.74 Å². The number of nitrogens with two attached hydrogens (primary N) is 1. The van der Waals surface area contributed by atoms with Crippen LogP contribution in [0.1, 0.15) is 18.4 Å². The maximum atomic E-state index is 8.89. The number of piperidine rings is 1. The molecule has 104 valence electrons. The summed E-state index contributed by atoms with van der Waals surface area (Å²) in [6.45, 7) is 1.76. The zero-order valence-electron chi connectivity index (χ0n) is 10.8. The van der Waals surface area contributed by atoms with Crippen LogP contribution in [0.3, 0.4) is 0 Å². The number of hydrogen-bond donors (Lipinski definition) is 2. The summed E-state index contributed by atoms with van der Waals surface area (Å²) < 4.78 is 6.40. The van der Waals surface area contributed by atoms with Crippen molar-refractivity contribution < 1.29 is 9.94 Å². The molecule has 1 unspecified atom stereocenters. The van der Waals surface area contributed by atoms with Crippen LogP contribution in [0.25, 0.3) is 0 Å². The predicted molar refractivity (Wildman–Crippen MR) is 78.9 cm³/mol. The van der Waals surface area contributed by atoms with Gasteiger partial charge in [0, 0.05) is 35.9 Å². The number of oxime groups is 1. The summed E-state index contributed by atoms with van der Waals surface area (Å²) in [5, 5.41) is 12.0. The number of nitrogens with zero attached hydrogens (tertiary/aromatic N) is 2. The Bertz CT molecular complexity index is 479. The van der Waals surface area contributed by atoms with Crippen LogP contribution < -0.4 is 10.6 Å². The highest BCUT2D eigenvalue weighted by Gasteiger charge is 2.22. The van der Waals surface area contributed by atoms with Crippen molar-refractivity contribution in [3.63, 3.8) is 0 Å². The average molecular weight is 328 g/mol. The number of ether oxygens (including phenoxy) is 1. The standard InChI is InChI=1S/C13H18BrN3O2/c1-19-10-3-2-6-17(8-10)12-7-9(14)4-5-11(12)13(15)16-18/h4-5,7,10,18H,2-3,6,8H2,1H3,(H2,15,16). The first-order chi connectivity index (χ1) is 9.15. The minimum absolute atomic E-state index is 0.127. The number of rotatable bonds is 3. The maximum Gasteiger partial charge on any atom is 0.172 e. The van der Waals surface area contributed by atoms with Gasteiger partial charge >= 0.3 is 0 Å². The summed E-state index contributed by atoms with van der Waals surface area (Å²) in [5.41, 5.74) is 7.45. The molecule has 5 nitrogen and oxygen atoms in total. The Morgan fingerprint density at radius 1 is 1.58 bits per heavy atom. The Labute approximate surface area is 121 Å². The van der Waals surface area contributed by atoms with Gasteiger partial charge in [-0.2, -0.15) is 0 Å². The topological polar surface area (TPSA) is 71.1 Å². The average Bonchev–Trinajstić information content (AvgIpc) is 2.46. The highest BCUT2D eigenvalue weighted by molar-refractivity contribution is 9.10. The molecule has 3 N–H and O–H groups in total. The molecule has 1 aromatic rings. The molecule has 1 saturated heterocycles. The maximum absolute atomic E-state index is 8.89. The summed E-state index contributed by atoms with van der Waals surface area (Å²) in [5.74, 6) is 0.127. The van der Waals surface area contributed by atoms with Crippen molar-refractivity contribution >= 4 is 27.5 Å². The Morgan fingerprint density at radius 3 is 3.05 bits per heavy atom. The van der Waals surface area contributed by atoms with Crippen molar-refractivity contribution in [2.45, 2.75) is 18.9 Å². The number of anilines is 1. The molecule has 1 atom stereocenters. The molecular weight excluding hydrogens is 310 g/mol. The molecule has 1 aliphatic rings. The van der Waals surface area contributed by atoms with Crippen LogP contribution in [0, 0.1) is 0 Å². The van der Waals surface area contributed by atoms with E-state index in [0.717, 1.165) is 41.7 Å². The molecule has 6 heteroatoms. The molecule has 0 saturated carbocycles. The second kappa shape index (κ2) is 6.25. The van der Waals surface area contributed by atoms with Gasteiger partial charge in [0.1, 0.15) is 0 Å². The number of benzene rings is 1. The van der Waals surface area contributed by atoms with Crippen LogP contribution in [-0.4, -0.2) is 37.3 Å². The summed E-state index contributed by atoms with van der Waals surface area (Å²) >= 11 is 3.47. The zero-order valence-corrected chi connectivity index (χ0v) is 12.4. The number of methoxy groups -OCH3 is 1. The first-order valence-corrected chi connectivity index (χ1v) is 7.00. The van der Waals surface area contributed by atoms with E-state index in [1.165, 1.54) is 0 Å². The Kier molecular flexibility index (Phi) is 4.66. The number of halogens is 1. The predicted octanol–water partition coefficient (Wildman–Crippen LogP) is 2.16. The molecule has 1 aromatic carbocycles. The second-order valence-corrected chi connectivity index (χ2v) is 5.51. The van der Waals surface area contributed by atoms with Crippen LogP contribution in [0.5, 0.6) is 0 Å². The van der Waals surface area contributed by atoms with Gasteiger partial charge in [0.25, 0.3) is 0 Å². The van der Waals surface area contributed by atoms with Crippen molar-refractivity contribution in [3.8, 4) is 0 Å². The SMILES string of the molecule is COC1CCCN(c2cc(Br)ccc2/C(N)=N/O)C1. The molecule has 0 aromatic heterocycles. The molecule has 0 aliphatic carbocycles. The van der Waals surface area contributed by atoms with E-state index in [4.69, 9.17) is 15.7 Å². The largest absolute Gasteiger partial charge is 0.409 e. The van der Waals surface area contributed by atoms with Gasteiger partial charge in [0.05, 0.1) is 6.10 Å². The first-order valence-electron chi connectivity index (χ1n) is 6.21. The summed E-state index contributed by atoms with van der Waals surface area (Å²) in [6.07, 6.45) is 2.37. The minimum atomic E-state index is 0.127. The lowest BCUT2D eigenvalue weighted by Crippen LogP contribution is -2.40. The molecule has 0 amide bonds. The van der Waals surface area contributed by atoms with E-state index >= 15 is 0 Å². The van der Waals surface area contributed by atoms with Gasteiger partial charge in [-0.15, -0.1) is 0 Å². The second-order valence-electron chi connectivity index (χ2n) is 4.59. The van der Waals surface area contributed by atoms with E-state index in [9.17, 15) is 0 Å². The summed E-state index contributed by atoms with van der Waals surface area (Å²) in [7, 11) is 1.74. The Hall–Kier alpha value is -1.27. The van der Waals surface area contributed by atoms with E-state index in [2.05, 4.69) is 26.0 Å². The lowest BCUT2D eigenvalue weighted by molar-refractivity contribution is 0.0893. The Balaban J connectivity index is 2.34. The fraction of sp³-hybridized carbons (Fsp3) is 0.462. The molecule has 1 heterocycles. The highest BCUT2D eigenvalue weighted by atomic mass is 79.9. The summed E-state index contributed by atoms with van der Waals surface area (Å²) in [4.78, 5) is 2.22. The van der Waals surface area contributed by atoms with E-state index < -0.39 is 0 Å². The van der Waals surface area contributed by atoms with Crippen molar-refractivity contribution in [1.82, 2.24) is 0 Å². The third kappa shape index (κ3) is 3.19. The molecule has 19 heavy (non-hydrogen) atoms. The first kappa shape index (κ1) is 14.1. The van der Waals surface area contributed by atoms with E-state index in [1.54, 1.807) is 7.11 Å². The van der Waals surface area contributed by atoms with Gasteiger partial charge in [-0.1, -0.05) is 21.1 Å². The summed E-state index contributed by atoms with van der Waals surface area (Å²) in [6, 6.07) is 5.73. The van der Waals surface area contributed by atoms with E-state index in [1.807, 2.05) is 18.2 Å². The molecule has 2 rings (SSSR count). The van der Waals surface area contributed by atoms with Gasteiger partial charge in [-0.3, -0.25) is 0 Å². The van der Waals surface area contributed by atoms with E-state index in [0.29, 0.717) is 0 Å². The van der Waals surface area contributed by atoms with Gasteiger partial charge < -0.3 is 20.6 Å². The molecule has 0 radical (unpaired) electrons. The minimum Gasteiger partial charge on any atom is -0.409 e. The lowest BCUT2D eigenvalue weighted by Gasteiger charge is -2.34. The van der Waals surface area contributed by atoms with Crippen LogP contribution in [0.15, 0.2) is 27.8 Å². The van der Waals surface area contributed by atoms with Gasteiger partial charge in [-0.25, -0.2) is 0 Å². The van der Waals surface area contributed by atoms with Gasteiger partial charge in [-0.05, 0) is 31.0 Å². The van der Waals surface area contributed by atoms with Gasteiger partial charge in [0.2, 0.25) is 0 Å². The van der Waals surface area contributed by atoms with Crippen LogP contribution >= 0.6 is 15.9 Å². The van der Waals surface area contributed by atoms with Crippen molar-refractivity contribution in [2.24, 2.45) is 10.9 Å². The van der Waals surface area contributed by atoms with Crippen LogP contribution in [0.4, 0.5) is 5.69 Å². The normalized spacial score (nSPS) is 20.6. The highest BCUT2D eigenvalue weighted by Crippen LogP contribution is 2.28. The van der Waals surface area contributed by atoms with Crippen molar-refractivity contribution in [2.75, 3.05) is 25.1 Å². The molecule has 0 spiro atoms. The van der Waals surface area contributed by atoms with E-state index in [-0.39, 0.29) is 11.9 Å². The van der Waals surface area contributed by atoms with Crippen molar-refractivity contribution in [1.29, 1.82) is 0 Å². The number of hydrogen-bond acceptors (Lipinski definition) is 4. The fourth-order valence-electron chi connectivity index (χ4n) is 2.39. The zero-order chi connectivity index (χ0) is 13.8. The molecule has 1 aliphatic heterocycles. The number of amidine groups is 1. The van der Waals surface area contributed by atoms with Crippen molar-refractivity contribution in [3.05, 3.63) is 28.2 Å². The smallest absolute Gasteiger partial charge is 0.172 e. The van der Waals surface area contributed by atoms with Gasteiger partial charge in [0.15, 0.2) is 5.84 Å². The fourth-order valence-corrected chi connectivity index (χ4v) is 2.74. The molecule has 1 fully saturated rings. The monoisotopic (exact) mass is 327 g/mol. The molecular formula is C13H18BrN3O2. The third-order valence-electron chi connectivity index (χ3n) is 3.40. The lowest BCUT2D eigenvalue weighted by atomic mass is 10.0.